The fourth-order valence-corrected chi connectivity index (χ4v) is 2.27. The molecule has 1 fully saturated rings. The van der Waals surface area contributed by atoms with Gasteiger partial charge < -0.3 is 10.6 Å². The maximum absolute atomic E-state index is 13.0. The van der Waals surface area contributed by atoms with Crippen molar-refractivity contribution in [1.29, 1.82) is 0 Å². The van der Waals surface area contributed by atoms with Crippen molar-refractivity contribution in [1.82, 2.24) is 15.1 Å². The fourth-order valence-electron chi connectivity index (χ4n) is 2.27. The molecule has 2 aromatic rings. The first-order valence-corrected chi connectivity index (χ1v) is 7.45. The van der Waals surface area contributed by atoms with Crippen LogP contribution in [0.1, 0.15) is 18.5 Å². The summed E-state index contributed by atoms with van der Waals surface area (Å²) in [6.07, 6.45) is 2.51. The molecule has 0 spiro atoms. The van der Waals surface area contributed by atoms with Crippen LogP contribution >= 0.6 is 12.4 Å². The summed E-state index contributed by atoms with van der Waals surface area (Å²) in [5.41, 5.74) is 1.49. The van der Waals surface area contributed by atoms with E-state index in [1.165, 1.54) is 25.0 Å². The molecule has 5 nitrogen and oxygen atoms in total. The van der Waals surface area contributed by atoms with E-state index in [9.17, 15) is 9.18 Å². The molecule has 1 amide bonds. The monoisotopic (exact) mass is 338 g/mol. The van der Waals surface area contributed by atoms with Gasteiger partial charge in [-0.25, -0.2) is 9.07 Å². The average molecular weight is 339 g/mol. The first-order chi connectivity index (χ1) is 10.6. The van der Waals surface area contributed by atoms with Crippen LogP contribution in [0.3, 0.4) is 0 Å². The molecule has 1 aromatic carbocycles. The van der Waals surface area contributed by atoms with Gasteiger partial charge in [0.2, 0.25) is 5.91 Å². The van der Waals surface area contributed by atoms with E-state index in [4.69, 9.17) is 0 Å². The predicted molar refractivity (Wildman–Crippen MR) is 89.7 cm³/mol. The van der Waals surface area contributed by atoms with E-state index in [1.54, 1.807) is 22.9 Å². The van der Waals surface area contributed by atoms with Gasteiger partial charge in [-0.3, -0.25) is 4.79 Å². The van der Waals surface area contributed by atoms with Crippen LogP contribution in [-0.2, 0) is 4.79 Å². The number of anilines is 1. The van der Waals surface area contributed by atoms with Crippen molar-refractivity contribution in [3.8, 4) is 5.69 Å². The highest BCUT2D eigenvalue weighted by Crippen LogP contribution is 2.27. The van der Waals surface area contributed by atoms with Gasteiger partial charge in [0.25, 0.3) is 0 Å². The van der Waals surface area contributed by atoms with Gasteiger partial charge in [0.1, 0.15) is 11.6 Å². The lowest BCUT2D eigenvalue weighted by Crippen LogP contribution is -2.30. The maximum Gasteiger partial charge on any atom is 0.239 e. The molecule has 0 saturated heterocycles. The molecule has 1 heterocycles. The zero-order valence-electron chi connectivity index (χ0n) is 12.9. The summed E-state index contributed by atoms with van der Waals surface area (Å²) in [6, 6.07) is 7.79. The smallest absolute Gasteiger partial charge is 0.239 e. The Balaban J connectivity index is 0.00000192. The molecule has 0 bridgehead atoms. The second-order valence-electron chi connectivity index (χ2n) is 5.68. The van der Waals surface area contributed by atoms with Gasteiger partial charge >= 0.3 is 0 Å². The second-order valence-corrected chi connectivity index (χ2v) is 5.68. The SMILES string of the molecule is Cc1cc(NC(=O)CNCC2CC2)n(-c2ccc(F)cc2)n1.Cl. The quantitative estimate of drug-likeness (QED) is 0.851. The molecular weight excluding hydrogens is 319 g/mol. The van der Waals surface area contributed by atoms with Crippen LogP contribution in [0, 0.1) is 18.7 Å². The molecule has 7 heteroatoms. The van der Waals surface area contributed by atoms with Crippen molar-refractivity contribution in [3.05, 3.63) is 41.8 Å². The van der Waals surface area contributed by atoms with Crippen LogP contribution in [0.25, 0.3) is 5.69 Å². The van der Waals surface area contributed by atoms with Gasteiger partial charge in [0.15, 0.2) is 0 Å². The van der Waals surface area contributed by atoms with E-state index in [0.29, 0.717) is 11.5 Å². The summed E-state index contributed by atoms with van der Waals surface area (Å²) >= 11 is 0. The van der Waals surface area contributed by atoms with E-state index in [-0.39, 0.29) is 30.7 Å². The van der Waals surface area contributed by atoms with Gasteiger partial charge in [-0.2, -0.15) is 5.10 Å². The first kappa shape index (κ1) is 17.4. The molecule has 1 saturated carbocycles. The van der Waals surface area contributed by atoms with Crippen LogP contribution < -0.4 is 10.6 Å². The highest BCUT2D eigenvalue weighted by molar-refractivity contribution is 5.91. The largest absolute Gasteiger partial charge is 0.309 e. The van der Waals surface area contributed by atoms with E-state index < -0.39 is 0 Å². The number of rotatable bonds is 6. The van der Waals surface area contributed by atoms with Gasteiger partial charge in [-0.15, -0.1) is 12.4 Å². The third-order valence-electron chi connectivity index (χ3n) is 3.59. The molecule has 1 aromatic heterocycles. The number of aryl methyl sites for hydroxylation is 1. The molecule has 0 radical (unpaired) electrons. The standard InChI is InChI=1S/C16H19FN4O.ClH/c1-11-8-15(19-16(22)10-18-9-12-2-3-12)21(20-11)14-6-4-13(17)5-7-14;/h4-8,12,18H,2-3,9-10H2,1H3,(H,19,22);1H. The second kappa shape index (κ2) is 7.57. The number of carbonyl (C=O) groups is 1. The van der Waals surface area contributed by atoms with Crippen molar-refractivity contribution in [3.63, 3.8) is 0 Å². The molecule has 23 heavy (non-hydrogen) atoms. The number of hydrogen-bond donors (Lipinski definition) is 2. The summed E-state index contributed by atoms with van der Waals surface area (Å²) in [5.74, 6) is 0.911. The Morgan fingerprint density at radius 2 is 2.04 bits per heavy atom. The number of nitrogens with one attached hydrogen (secondary N) is 2. The number of amides is 1. The van der Waals surface area contributed by atoms with Crippen molar-refractivity contribution in [2.24, 2.45) is 5.92 Å². The van der Waals surface area contributed by atoms with Gasteiger partial charge in [-0.05, 0) is 56.5 Å². The number of benzene rings is 1. The van der Waals surface area contributed by atoms with Crippen LogP contribution in [0.15, 0.2) is 30.3 Å². The fraction of sp³-hybridized carbons (Fsp3) is 0.375. The minimum atomic E-state index is -0.303. The Bertz CT molecular complexity index is 667. The average Bonchev–Trinajstić information content (AvgIpc) is 3.23. The zero-order chi connectivity index (χ0) is 15.5. The Hall–Kier alpha value is -1.92. The minimum absolute atomic E-state index is 0. The van der Waals surface area contributed by atoms with Crippen LogP contribution in [0.5, 0.6) is 0 Å². The van der Waals surface area contributed by atoms with Gasteiger partial charge in [0.05, 0.1) is 17.9 Å². The summed E-state index contributed by atoms with van der Waals surface area (Å²) in [7, 11) is 0. The van der Waals surface area contributed by atoms with Crippen LogP contribution in [0.4, 0.5) is 10.2 Å². The summed E-state index contributed by atoms with van der Waals surface area (Å²) in [5, 5.41) is 10.3. The van der Waals surface area contributed by atoms with E-state index >= 15 is 0 Å². The molecular formula is C16H20ClFN4O. The summed E-state index contributed by atoms with van der Waals surface area (Å²) in [4.78, 5) is 12.0. The van der Waals surface area contributed by atoms with Gasteiger partial charge in [-0.1, -0.05) is 0 Å². The number of halogens is 2. The summed E-state index contributed by atoms with van der Waals surface area (Å²) < 4.78 is 14.6. The number of nitrogens with zero attached hydrogens (tertiary/aromatic N) is 2. The zero-order valence-corrected chi connectivity index (χ0v) is 13.7. The predicted octanol–water partition coefficient (Wildman–Crippen LogP) is 2.68. The molecule has 1 aliphatic carbocycles. The van der Waals surface area contributed by atoms with E-state index in [1.807, 2.05) is 6.92 Å². The molecule has 0 atom stereocenters. The highest BCUT2D eigenvalue weighted by atomic mass is 35.5. The van der Waals surface area contributed by atoms with E-state index in [2.05, 4.69) is 15.7 Å². The highest BCUT2D eigenvalue weighted by Gasteiger charge is 2.20. The number of aromatic nitrogens is 2. The van der Waals surface area contributed by atoms with Crippen LogP contribution in [0.2, 0.25) is 0 Å². The molecule has 2 N–H and O–H groups in total. The molecule has 1 aliphatic rings. The van der Waals surface area contributed by atoms with Crippen molar-refractivity contribution < 1.29 is 9.18 Å². The first-order valence-electron chi connectivity index (χ1n) is 7.45. The molecule has 124 valence electrons. The summed E-state index contributed by atoms with van der Waals surface area (Å²) in [6.45, 7) is 3.02. The third-order valence-corrected chi connectivity index (χ3v) is 3.59. The van der Waals surface area contributed by atoms with E-state index in [0.717, 1.165) is 18.2 Å². The van der Waals surface area contributed by atoms with Crippen LogP contribution in [-0.4, -0.2) is 28.8 Å². The minimum Gasteiger partial charge on any atom is -0.309 e. The Labute approximate surface area is 140 Å². The number of hydrogen-bond acceptors (Lipinski definition) is 3. The lowest BCUT2D eigenvalue weighted by atomic mass is 10.3. The molecule has 3 rings (SSSR count). The molecule has 0 unspecified atom stereocenters. The maximum atomic E-state index is 13.0. The normalized spacial score (nSPS) is 13.5. The third kappa shape index (κ3) is 4.77. The Kier molecular flexibility index (Phi) is 5.74. The topological polar surface area (TPSA) is 59.0 Å². The van der Waals surface area contributed by atoms with Crippen molar-refractivity contribution >= 4 is 24.1 Å². The van der Waals surface area contributed by atoms with Crippen molar-refractivity contribution in [2.45, 2.75) is 19.8 Å². The lowest BCUT2D eigenvalue weighted by molar-refractivity contribution is -0.115. The Morgan fingerprint density at radius 3 is 2.70 bits per heavy atom. The number of carbonyl (C=O) groups excluding carboxylic acids is 1. The molecule has 0 aliphatic heterocycles. The van der Waals surface area contributed by atoms with Gasteiger partial charge in [0, 0.05) is 6.07 Å². The Morgan fingerprint density at radius 1 is 1.35 bits per heavy atom. The lowest BCUT2D eigenvalue weighted by Gasteiger charge is -2.09. The van der Waals surface area contributed by atoms with Crippen molar-refractivity contribution in [2.75, 3.05) is 18.4 Å².